The Bertz CT molecular complexity index is 523. The minimum Gasteiger partial charge on any atom is -0.508 e. The van der Waals surface area contributed by atoms with Crippen molar-refractivity contribution in [3.8, 4) is 5.75 Å². The number of hydrogen-bond acceptors (Lipinski definition) is 3. The fourth-order valence-corrected chi connectivity index (χ4v) is 2.02. The summed E-state index contributed by atoms with van der Waals surface area (Å²) in [6, 6.07) is 15.4. The van der Waals surface area contributed by atoms with Gasteiger partial charge in [-0.15, -0.1) is 0 Å². The van der Waals surface area contributed by atoms with Gasteiger partial charge in [-0.1, -0.05) is 24.3 Å². The first kappa shape index (κ1) is 13.4. The number of benzene rings is 2. The van der Waals surface area contributed by atoms with Gasteiger partial charge in [0, 0.05) is 18.3 Å². The van der Waals surface area contributed by atoms with Crippen LogP contribution in [0.15, 0.2) is 48.5 Å². The fraction of sp³-hybridized carbons (Fsp3) is 0.250. The summed E-state index contributed by atoms with van der Waals surface area (Å²) in [5, 5.41) is 21.7. The highest BCUT2D eigenvalue weighted by Crippen LogP contribution is 2.22. The molecule has 0 aliphatic heterocycles. The molecule has 0 bridgehead atoms. The van der Waals surface area contributed by atoms with E-state index in [0.717, 1.165) is 16.8 Å². The van der Waals surface area contributed by atoms with Crippen LogP contribution in [0.4, 0.5) is 5.69 Å². The van der Waals surface area contributed by atoms with Crippen LogP contribution in [-0.4, -0.2) is 16.8 Å². The minimum absolute atomic E-state index is 0.121. The molecule has 0 aromatic heterocycles. The van der Waals surface area contributed by atoms with Gasteiger partial charge in [-0.25, -0.2) is 0 Å². The molecular weight excluding hydrogens is 238 g/mol. The number of phenols is 1. The number of aromatic hydroxyl groups is 1. The zero-order valence-corrected chi connectivity index (χ0v) is 11.0. The highest BCUT2D eigenvalue weighted by molar-refractivity contribution is 5.47. The molecule has 3 nitrogen and oxygen atoms in total. The van der Waals surface area contributed by atoms with E-state index in [0.29, 0.717) is 6.42 Å². The predicted octanol–water partition coefficient (Wildman–Crippen LogP) is 3.10. The molecule has 0 saturated heterocycles. The summed E-state index contributed by atoms with van der Waals surface area (Å²) in [6.07, 6.45) is 0.683. The summed E-state index contributed by atoms with van der Waals surface area (Å²) in [5.74, 6) is 0.282. The molecule has 0 aliphatic carbocycles. The summed E-state index contributed by atoms with van der Waals surface area (Å²) >= 11 is 0. The number of hydrogen-bond donors (Lipinski definition) is 3. The van der Waals surface area contributed by atoms with Crippen molar-refractivity contribution >= 4 is 5.69 Å². The molecule has 1 unspecified atom stereocenters. The first-order valence-electron chi connectivity index (χ1n) is 6.44. The van der Waals surface area contributed by atoms with Crippen LogP contribution < -0.4 is 5.32 Å². The van der Waals surface area contributed by atoms with Gasteiger partial charge in [0.05, 0.1) is 0 Å². The zero-order chi connectivity index (χ0) is 13.7. The van der Waals surface area contributed by atoms with Crippen LogP contribution in [0, 0.1) is 0 Å². The lowest BCUT2D eigenvalue weighted by Gasteiger charge is -2.16. The molecule has 3 heteroatoms. The van der Waals surface area contributed by atoms with Crippen molar-refractivity contribution in [2.75, 3.05) is 11.9 Å². The minimum atomic E-state index is 0.121. The monoisotopic (exact) mass is 257 g/mol. The van der Waals surface area contributed by atoms with Gasteiger partial charge in [-0.2, -0.15) is 0 Å². The number of nitrogens with one attached hydrogen (secondary N) is 1. The van der Waals surface area contributed by atoms with Gasteiger partial charge in [0.15, 0.2) is 0 Å². The van der Waals surface area contributed by atoms with Crippen molar-refractivity contribution in [2.45, 2.75) is 19.4 Å². The topological polar surface area (TPSA) is 52.5 Å². The van der Waals surface area contributed by atoms with E-state index < -0.39 is 0 Å². The van der Waals surface area contributed by atoms with Crippen LogP contribution >= 0.6 is 0 Å². The number of phenolic OH excluding ortho intramolecular Hbond substituents is 1. The molecule has 0 fully saturated rings. The summed E-state index contributed by atoms with van der Waals surface area (Å²) in [4.78, 5) is 0. The summed E-state index contributed by atoms with van der Waals surface area (Å²) < 4.78 is 0. The van der Waals surface area contributed by atoms with Gasteiger partial charge in [-0.3, -0.25) is 0 Å². The Morgan fingerprint density at radius 2 is 1.84 bits per heavy atom. The Morgan fingerprint density at radius 1 is 1.11 bits per heavy atom. The van der Waals surface area contributed by atoms with Crippen LogP contribution in [0.3, 0.4) is 0 Å². The van der Waals surface area contributed by atoms with E-state index >= 15 is 0 Å². The number of aliphatic hydroxyl groups excluding tert-OH is 1. The zero-order valence-electron chi connectivity index (χ0n) is 11.0. The third-order valence-corrected chi connectivity index (χ3v) is 3.11. The number of rotatable bonds is 5. The lowest BCUT2D eigenvalue weighted by molar-refractivity contribution is 0.299. The van der Waals surface area contributed by atoms with Crippen LogP contribution in [0.25, 0.3) is 0 Å². The van der Waals surface area contributed by atoms with Gasteiger partial charge in [0.2, 0.25) is 0 Å². The SMILES string of the molecule is CC(Nc1ccc(CCO)cc1)c1cccc(O)c1. The molecule has 2 aromatic rings. The molecule has 2 rings (SSSR count). The molecule has 2 aromatic carbocycles. The van der Waals surface area contributed by atoms with E-state index in [4.69, 9.17) is 5.11 Å². The molecule has 0 heterocycles. The van der Waals surface area contributed by atoms with E-state index in [2.05, 4.69) is 12.2 Å². The maximum atomic E-state index is 9.47. The highest BCUT2D eigenvalue weighted by Gasteiger charge is 2.05. The molecule has 1 atom stereocenters. The molecule has 19 heavy (non-hydrogen) atoms. The maximum Gasteiger partial charge on any atom is 0.115 e. The second-order valence-electron chi connectivity index (χ2n) is 4.63. The maximum absolute atomic E-state index is 9.47. The normalized spacial score (nSPS) is 12.1. The van der Waals surface area contributed by atoms with Gasteiger partial charge in [0.25, 0.3) is 0 Å². The first-order valence-corrected chi connectivity index (χ1v) is 6.44. The Balaban J connectivity index is 2.04. The second-order valence-corrected chi connectivity index (χ2v) is 4.63. The average Bonchev–Trinajstić information content (AvgIpc) is 2.41. The van der Waals surface area contributed by atoms with Crippen LogP contribution in [-0.2, 0) is 6.42 Å². The van der Waals surface area contributed by atoms with Crippen LogP contribution in [0.1, 0.15) is 24.1 Å². The quantitative estimate of drug-likeness (QED) is 0.771. The standard InChI is InChI=1S/C16H19NO2/c1-12(14-3-2-4-16(19)11-14)17-15-7-5-13(6-8-15)9-10-18/h2-8,11-12,17-19H,9-10H2,1H3. The van der Waals surface area contributed by atoms with E-state index in [9.17, 15) is 5.11 Å². The van der Waals surface area contributed by atoms with Crippen molar-refractivity contribution in [2.24, 2.45) is 0 Å². The summed E-state index contributed by atoms with van der Waals surface area (Å²) in [5.41, 5.74) is 3.19. The van der Waals surface area contributed by atoms with Crippen molar-refractivity contribution in [3.63, 3.8) is 0 Å². The van der Waals surface area contributed by atoms with Gasteiger partial charge in [-0.05, 0) is 48.7 Å². The van der Waals surface area contributed by atoms with Crippen molar-refractivity contribution in [1.29, 1.82) is 0 Å². The Morgan fingerprint density at radius 3 is 2.47 bits per heavy atom. The molecule has 0 amide bonds. The van der Waals surface area contributed by atoms with Gasteiger partial charge < -0.3 is 15.5 Å². The number of anilines is 1. The molecule has 0 radical (unpaired) electrons. The number of aliphatic hydroxyl groups is 1. The molecule has 0 saturated carbocycles. The smallest absolute Gasteiger partial charge is 0.115 e. The predicted molar refractivity (Wildman–Crippen MR) is 77.4 cm³/mol. The van der Waals surface area contributed by atoms with E-state index in [1.165, 1.54) is 0 Å². The summed E-state index contributed by atoms with van der Waals surface area (Å²) in [7, 11) is 0. The van der Waals surface area contributed by atoms with Crippen molar-refractivity contribution < 1.29 is 10.2 Å². The largest absolute Gasteiger partial charge is 0.508 e. The Labute approximate surface area is 113 Å². The lowest BCUT2D eigenvalue weighted by Crippen LogP contribution is -2.06. The average molecular weight is 257 g/mol. The Hall–Kier alpha value is -2.00. The molecular formula is C16H19NO2. The van der Waals surface area contributed by atoms with E-state index in [-0.39, 0.29) is 18.4 Å². The van der Waals surface area contributed by atoms with Crippen molar-refractivity contribution in [3.05, 3.63) is 59.7 Å². The van der Waals surface area contributed by atoms with Crippen molar-refractivity contribution in [1.82, 2.24) is 0 Å². The molecule has 3 N–H and O–H groups in total. The molecule has 0 spiro atoms. The highest BCUT2D eigenvalue weighted by atomic mass is 16.3. The third-order valence-electron chi connectivity index (χ3n) is 3.11. The third kappa shape index (κ3) is 3.73. The molecule has 100 valence electrons. The Kier molecular flexibility index (Phi) is 4.42. The second kappa shape index (κ2) is 6.25. The fourth-order valence-electron chi connectivity index (χ4n) is 2.02. The van der Waals surface area contributed by atoms with Gasteiger partial charge in [0.1, 0.15) is 5.75 Å². The van der Waals surface area contributed by atoms with E-state index in [1.807, 2.05) is 36.4 Å². The lowest BCUT2D eigenvalue weighted by atomic mass is 10.1. The van der Waals surface area contributed by atoms with E-state index in [1.54, 1.807) is 12.1 Å². The molecule has 0 aliphatic rings. The summed E-state index contributed by atoms with van der Waals surface area (Å²) in [6.45, 7) is 2.23. The van der Waals surface area contributed by atoms with Gasteiger partial charge >= 0.3 is 0 Å². The van der Waals surface area contributed by atoms with Crippen LogP contribution in [0.2, 0.25) is 0 Å². The van der Waals surface area contributed by atoms with Crippen LogP contribution in [0.5, 0.6) is 5.75 Å². The first-order chi connectivity index (χ1) is 9.19.